The topological polar surface area (TPSA) is 63.7 Å². The molecule has 1 aliphatic heterocycles. The molecular weight excluding hydrogens is 446 g/mol. The summed E-state index contributed by atoms with van der Waals surface area (Å²) in [5.74, 6) is 0.149. The van der Waals surface area contributed by atoms with Gasteiger partial charge in [0.1, 0.15) is 6.10 Å². The summed E-state index contributed by atoms with van der Waals surface area (Å²) < 4.78 is 30.7. The second-order valence-electron chi connectivity index (χ2n) is 8.67. The molecule has 7 heteroatoms. The fraction of sp³-hybridized carbons (Fsp3) is 0.480. The Morgan fingerprint density at radius 2 is 1.56 bits per heavy atom. The second-order valence-corrected chi connectivity index (χ2v) is 10.8. The van der Waals surface area contributed by atoms with E-state index in [0.29, 0.717) is 12.8 Å². The van der Waals surface area contributed by atoms with Gasteiger partial charge in [0.25, 0.3) is 10.1 Å². The van der Waals surface area contributed by atoms with Crippen LogP contribution in [0.2, 0.25) is 0 Å². The highest BCUT2D eigenvalue weighted by molar-refractivity contribution is 7.87. The Kier molecular flexibility index (Phi) is 9.89. The third-order valence-corrected chi connectivity index (χ3v) is 7.88. The van der Waals surface area contributed by atoms with Gasteiger partial charge in [0.15, 0.2) is 5.78 Å². The molecule has 0 bridgehead atoms. The molecule has 2 aromatic rings. The Bertz CT molecular complexity index is 950. The van der Waals surface area contributed by atoms with Crippen LogP contribution >= 0.6 is 12.4 Å². The van der Waals surface area contributed by atoms with Crippen molar-refractivity contribution in [3.8, 4) is 0 Å². The Morgan fingerprint density at radius 1 is 1.00 bits per heavy atom. The van der Waals surface area contributed by atoms with E-state index in [4.69, 9.17) is 4.18 Å². The lowest BCUT2D eigenvalue weighted by molar-refractivity contribution is 0.0624. The number of carbonyl (C=O) groups excluding carboxylic acids is 1. The van der Waals surface area contributed by atoms with Gasteiger partial charge in [-0.3, -0.25) is 13.9 Å². The highest BCUT2D eigenvalue weighted by atomic mass is 35.5. The van der Waals surface area contributed by atoms with E-state index in [0.717, 1.165) is 30.4 Å². The van der Waals surface area contributed by atoms with Crippen molar-refractivity contribution in [3.63, 3.8) is 0 Å². The van der Waals surface area contributed by atoms with Crippen LogP contribution in [-0.4, -0.2) is 43.5 Å². The number of carbonyl (C=O) groups is 1. The fourth-order valence-corrected chi connectivity index (χ4v) is 4.94. The number of ketones is 1. The lowest BCUT2D eigenvalue weighted by Crippen LogP contribution is -2.45. The Hall–Kier alpha value is -1.73. The largest absolute Gasteiger partial charge is 0.300 e. The quantitative estimate of drug-likeness (QED) is 0.355. The minimum absolute atomic E-state index is 0. The minimum Gasteiger partial charge on any atom is -0.300 e. The van der Waals surface area contributed by atoms with Crippen molar-refractivity contribution in [1.82, 2.24) is 4.90 Å². The predicted molar refractivity (Wildman–Crippen MR) is 131 cm³/mol. The van der Waals surface area contributed by atoms with E-state index in [1.807, 2.05) is 67.7 Å². The molecule has 0 aromatic heterocycles. The maximum Gasteiger partial charge on any atom is 0.270 e. The van der Waals surface area contributed by atoms with Crippen LogP contribution in [0, 0.1) is 0 Å². The van der Waals surface area contributed by atoms with Gasteiger partial charge in [-0.2, -0.15) is 8.42 Å². The van der Waals surface area contributed by atoms with Crippen LogP contribution in [0.15, 0.2) is 60.7 Å². The molecule has 0 N–H and O–H groups in total. The van der Waals surface area contributed by atoms with Crippen molar-refractivity contribution in [2.75, 3.05) is 7.05 Å². The van der Waals surface area contributed by atoms with Gasteiger partial charge < -0.3 is 0 Å². The average molecular weight is 480 g/mol. The molecule has 1 heterocycles. The number of hydrogen-bond donors (Lipinski definition) is 0. The molecule has 0 amide bonds. The molecule has 32 heavy (non-hydrogen) atoms. The number of nitrogens with zero attached hydrogens (tertiary/aromatic N) is 1. The number of likely N-dealkylation sites (tertiary alicyclic amines) is 1. The maximum atomic E-state index is 12.7. The molecule has 0 radical (unpaired) electrons. The molecule has 3 atom stereocenters. The number of halogens is 1. The van der Waals surface area contributed by atoms with Crippen molar-refractivity contribution in [3.05, 3.63) is 71.8 Å². The van der Waals surface area contributed by atoms with E-state index >= 15 is 0 Å². The molecule has 0 spiro atoms. The third kappa shape index (κ3) is 6.88. The van der Waals surface area contributed by atoms with Crippen molar-refractivity contribution in [1.29, 1.82) is 0 Å². The number of piperidine rings is 1. The molecule has 3 rings (SSSR count). The number of rotatable bonds is 9. The summed E-state index contributed by atoms with van der Waals surface area (Å²) in [7, 11) is -1.61. The monoisotopic (exact) mass is 479 g/mol. The van der Waals surface area contributed by atoms with Gasteiger partial charge in [-0.25, -0.2) is 0 Å². The van der Waals surface area contributed by atoms with Gasteiger partial charge in [0.05, 0.1) is 5.25 Å². The highest BCUT2D eigenvalue weighted by Gasteiger charge is 2.33. The molecule has 3 unspecified atom stereocenters. The standard InChI is InChI=1S/C25H33NO4S.ClH/c1-19(2)31(28,29)30-25(21-13-8-5-9-14-21)18-23-16-10-15-22(26(23)3)17-24(27)20-11-6-4-7-12-20;/h4-9,11-14,19,22-23,25H,10,15-18H2,1-3H3;1H. The molecule has 0 aliphatic carbocycles. The smallest absolute Gasteiger partial charge is 0.270 e. The lowest BCUT2D eigenvalue weighted by Gasteiger charge is -2.41. The summed E-state index contributed by atoms with van der Waals surface area (Å²) in [5.41, 5.74) is 1.61. The molecule has 0 saturated carbocycles. The Labute approximate surface area is 198 Å². The molecule has 2 aromatic carbocycles. The van der Waals surface area contributed by atoms with Crippen LogP contribution in [0.25, 0.3) is 0 Å². The van der Waals surface area contributed by atoms with Crippen LogP contribution in [0.5, 0.6) is 0 Å². The molecule has 5 nitrogen and oxygen atoms in total. The molecule has 176 valence electrons. The van der Waals surface area contributed by atoms with E-state index in [-0.39, 0.29) is 30.3 Å². The van der Waals surface area contributed by atoms with E-state index in [1.165, 1.54) is 0 Å². The van der Waals surface area contributed by atoms with E-state index in [2.05, 4.69) is 4.90 Å². The normalized spacial score (nSPS) is 20.5. The summed E-state index contributed by atoms with van der Waals surface area (Å²) in [6, 6.07) is 19.2. The second kappa shape index (κ2) is 11.9. The summed E-state index contributed by atoms with van der Waals surface area (Å²) in [6.07, 6.45) is 3.44. The Balaban J connectivity index is 0.00000363. The zero-order chi connectivity index (χ0) is 22.4. The van der Waals surface area contributed by atoms with Crippen molar-refractivity contribution >= 4 is 28.3 Å². The SMILES string of the molecule is CC(C)S(=O)(=O)OC(CC1CCCC(CC(=O)c2ccccc2)N1C)c1ccccc1.Cl. The first-order valence-electron chi connectivity index (χ1n) is 11.0. The summed E-state index contributed by atoms with van der Waals surface area (Å²) >= 11 is 0. The van der Waals surface area contributed by atoms with Crippen molar-refractivity contribution in [2.24, 2.45) is 0 Å². The lowest BCUT2D eigenvalue weighted by atomic mass is 9.88. The number of Topliss-reactive ketones (excluding diaryl/α,β-unsaturated/α-hetero) is 1. The average Bonchev–Trinajstić information content (AvgIpc) is 2.77. The predicted octanol–water partition coefficient (Wildman–Crippen LogP) is 5.42. The molecular formula is C25H34ClNO4S. The van der Waals surface area contributed by atoms with Crippen LogP contribution in [-0.2, 0) is 14.3 Å². The first-order valence-corrected chi connectivity index (χ1v) is 12.5. The van der Waals surface area contributed by atoms with E-state index < -0.39 is 21.5 Å². The Morgan fingerprint density at radius 3 is 2.16 bits per heavy atom. The van der Waals surface area contributed by atoms with Gasteiger partial charge >= 0.3 is 0 Å². The summed E-state index contributed by atoms with van der Waals surface area (Å²) in [4.78, 5) is 15.0. The van der Waals surface area contributed by atoms with Crippen molar-refractivity contribution < 1.29 is 17.4 Å². The molecule has 1 aliphatic rings. The fourth-order valence-electron chi connectivity index (χ4n) is 4.20. The van der Waals surface area contributed by atoms with Gasteiger partial charge in [-0.05, 0) is 45.7 Å². The maximum absolute atomic E-state index is 12.7. The number of hydrogen-bond acceptors (Lipinski definition) is 5. The van der Waals surface area contributed by atoms with Crippen LogP contribution in [0.3, 0.4) is 0 Å². The first kappa shape index (κ1) is 26.5. The van der Waals surface area contributed by atoms with E-state index in [9.17, 15) is 13.2 Å². The first-order chi connectivity index (χ1) is 14.8. The van der Waals surface area contributed by atoms with E-state index in [1.54, 1.807) is 13.8 Å². The van der Waals surface area contributed by atoms with Gasteiger partial charge in [-0.15, -0.1) is 12.4 Å². The summed E-state index contributed by atoms with van der Waals surface area (Å²) in [6.45, 7) is 3.27. The zero-order valence-corrected chi connectivity index (χ0v) is 20.6. The molecule has 1 saturated heterocycles. The van der Waals surface area contributed by atoms with Crippen LogP contribution < -0.4 is 0 Å². The van der Waals surface area contributed by atoms with Gasteiger partial charge in [0, 0.05) is 24.1 Å². The summed E-state index contributed by atoms with van der Waals surface area (Å²) in [5, 5.41) is -0.598. The van der Waals surface area contributed by atoms with Crippen LogP contribution in [0.4, 0.5) is 0 Å². The zero-order valence-electron chi connectivity index (χ0n) is 19.0. The number of benzene rings is 2. The highest BCUT2D eigenvalue weighted by Crippen LogP contribution is 2.33. The van der Waals surface area contributed by atoms with Crippen LogP contribution in [0.1, 0.15) is 68.0 Å². The third-order valence-electron chi connectivity index (χ3n) is 6.23. The van der Waals surface area contributed by atoms with Gasteiger partial charge in [-0.1, -0.05) is 67.1 Å². The van der Waals surface area contributed by atoms with Crippen molar-refractivity contribution in [2.45, 2.75) is 69.4 Å². The van der Waals surface area contributed by atoms with Gasteiger partial charge in [0.2, 0.25) is 0 Å². The molecule has 1 fully saturated rings. The minimum atomic E-state index is -3.65.